The van der Waals surface area contributed by atoms with E-state index in [0.29, 0.717) is 21.7 Å². The maximum atomic E-state index is 12.4. The Morgan fingerprint density at radius 1 is 1.40 bits per heavy atom. The van der Waals surface area contributed by atoms with E-state index in [4.69, 9.17) is 23.2 Å². The molecule has 110 valence electrons. The summed E-state index contributed by atoms with van der Waals surface area (Å²) >= 11 is 12.1. The third kappa shape index (κ3) is 3.66. The van der Waals surface area contributed by atoms with Gasteiger partial charge in [0, 0.05) is 6.54 Å². The van der Waals surface area contributed by atoms with Gasteiger partial charge < -0.3 is 5.32 Å². The van der Waals surface area contributed by atoms with E-state index in [1.165, 1.54) is 6.42 Å². The van der Waals surface area contributed by atoms with Gasteiger partial charge >= 0.3 is 0 Å². The monoisotopic (exact) mass is 314 g/mol. The second kappa shape index (κ2) is 6.79. The summed E-state index contributed by atoms with van der Waals surface area (Å²) in [6, 6.07) is 5.02. The van der Waals surface area contributed by atoms with Crippen LogP contribution in [-0.2, 0) is 4.79 Å². The molecular weight excluding hydrogens is 295 g/mol. The molecule has 0 saturated carbocycles. The van der Waals surface area contributed by atoms with Crippen LogP contribution in [0.15, 0.2) is 18.2 Å². The van der Waals surface area contributed by atoms with Crippen molar-refractivity contribution in [1.82, 2.24) is 4.90 Å². The lowest BCUT2D eigenvalue weighted by molar-refractivity contribution is -0.121. The van der Waals surface area contributed by atoms with E-state index in [-0.39, 0.29) is 11.9 Å². The van der Waals surface area contributed by atoms with Crippen LogP contribution in [-0.4, -0.2) is 29.9 Å². The number of hydrogen-bond donors (Lipinski definition) is 1. The van der Waals surface area contributed by atoms with Gasteiger partial charge in [-0.2, -0.15) is 0 Å². The van der Waals surface area contributed by atoms with Crippen LogP contribution in [0.4, 0.5) is 5.69 Å². The van der Waals surface area contributed by atoms with Crippen molar-refractivity contribution in [3.63, 3.8) is 0 Å². The molecule has 0 aromatic heterocycles. The number of amides is 1. The zero-order valence-electron chi connectivity index (χ0n) is 11.8. The molecule has 5 heteroatoms. The maximum absolute atomic E-state index is 12.4. The van der Waals surface area contributed by atoms with Crippen molar-refractivity contribution in [3.05, 3.63) is 28.2 Å². The average molecular weight is 315 g/mol. The summed E-state index contributed by atoms with van der Waals surface area (Å²) in [5, 5.41) is 3.77. The molecule has 1 aromatic carbocycles. The Bertz CT molecular complexity index is 473. The molecule has 1 N–H and O–H groups in total. The first-order valence-corrected chi connectivity index (χ1v) is 7.73. The molecule has 2 rings (SSSR count). The lowest BCUT2D eigenvalue weighted by Gasteiger charge is -2.34. The number of carbonyl (C=O) groups is 1. The number of halogens is 2. The number of benzene rings is 1. The van der Waals surface area contributed by atoms with Gasteiger partial charge in [-0.15, -0.1) is 0 Å². The van der Waals surface area contributed by atoms with Gasteiger partial charge in [-0.05, 0) is 44.4 Å². The molecular formula is C15H20Cl2N2O. The van der Waals surface area contributed by atoms with Crippen molar-refractivity contribution in [2.75, 3.05) is 18.4 Å². The van der Waals surface area contributed by atoms with E-state index < -0.39 is 0 Å². The zero-order valence-corrected chi connectivity index (χ0v) is 13.3. The summed E-state index contributed by atoms with van der Waals surface area (Å²) < 4.78 is 0. The molecule has 1 saturated heterocycles. The maximum Gasteiger partial charge on any atom is 0.241 e. The van der Waals surface area contributed by atoms with Crippen LogP contribution >= 0.6 is 23.2 Å². The molecule has 3 nitrogen and oxygen atoms in total. The van der Waals surface area contributed by atoms with Crippen molar-refractivity contribution in [1.29, 1.82) is 0 Å². The first-order valence-electron chi connectivity index (χ1n) is 6.98. The van der Waals surface area contributed by atoms with Gasteiger partial charge in [0.1, 0.15) is 0 Å². The van der Waals surface area contributed by atoms with Crippen molar-refractivity contribution in [3.8, 4) is 0 Å². The Morgan fingerprint density at radius 3 is 2.65 bits per heavy atom. The van der Waals surface area contributed by atoms with Crippen molar-refractivity contribution < 1.29 is 4.79 Å². The van der Waals surface area contributed by atoms with Crippen LogP contribution in [0.2, 0.25) is 10.0 Å². The van der Waals surface area contributed by atoms with E-state index >= 15 is 0 Å². The van der Waals surface area contributed by atoms with Gasteiger partial charge in [0.15, 0.2) is 0 Å². The molecule has 0 radical (unpaired) electrons. The van der Waals surface area contributed by atoms with Gasteiger partial charge in [-0.3, -0.25) is 9.69 Å². The number of carbonyl (C=O) groups excluding carboxylic acids is 1. The highest BCUT2D eigenvalue weighted by Gasteiger charge is 2.26. The summed E-state index contributed by atoms with van der Waals surface area (Å²) in [7, 11) is 0. The Balaban J connectivity index is 2.04. The van der Waals surface area contributed by atoms with Gasteiger partial charge in [0.25, 0.3) is 0 Å². The largest absolute Gasteiger partial charge is 0.322 e. The minimum Gasteiger partial charge on any atom is -0.322 e. The number of hydrogen-bond acceptors (Lipinski definition) is 2. The summed E-state index contributed by atoms with van der Waals surface area (Å²) in [6.07, 6.45) is 2.38. The summed E-state index contributed by atoms with van der Waals surface area (Å²) in [5.74, 6) is 0.581. The molecule has 20 heavy (non-hydrogen) atoms. The minimum atomic E-state index is -0.176. The Labute approximate surface area is 130 Å². The summed E-state index contributed by atoms with van der Waals surface area (Å²) in [4.78, 5) is 14.6. The van der Waals surface area contributed by atoms with Crippen LogP contribution in [0.1, 0.15) is 26.7 Å². The number of nitrogens with zero attached hydrogens (tertiary/aromatic N) is 1. The van der Waals surface area contributed by atoms with Crippen molar-refractivity contribution in [2.45, 2.75) is 32.7 Å². The number of para-hydroxylation sites is 1. The molecule has 2 atom stereocenters. The topological polar surface area (TPSA) is 32.3 Å². The van der Waals surface area contributed by atoms with Crippen LogP contribution in [0.3, 0.4) is 0 Å². The summed E-state index contributed by atoms with van der Waals surface area (Å²) in [5.41, 5.74) is 0.498. The summed E-state index contributed by atoms with van der Waals surface area (Å²) in [6.45, 7) is 6.08. The second-order valence-corrected chi connectivity index (χ2v) is 6.32. The van der Waals surface area contributed by atoms with Crippen molar-refractivity contribution >= 4 is 34.8 Å². The van der Waals surface area contributed by atoms with E-state index in [1.54, 1.807) is 18.2 Å². The smallest absolute Gasteiger partial charge is 0.241 e. The Kier molecular flexibility index (Phi) is 5.30. The van der Waals surface area contributed by atoms with Crippen LogP contribution < -0.4 is 5.32 Å². The van der Waals surface area contributed by atoms with Crippen LogP contribution in [0.5, 0.6) is 0 Å². The predicted molar refractivity (Wildman–Crippen MR) is 84.5 cm³/mol. The van der Waals surface area contributed by atoms with Crippen molar-refractivity contribution in [2.24, 2.45) is 5.92 Å². The second-order valence-electron chi connectivity index (χ2n) is 5.50. The quantitative estimate of drug-likeness (QED) is 0.912. The lowest BCUT2D eigenvalue weighted by Crippen LogP contribution is -2.46. The molecule has 1 heterocycles. The first-order chi connectivity index (χ1) is 9.49. The molecule has 0 aliphatic carbocycles. The SMILES string of the molecule is C[C@H]1CCCN([C@@H](C)C(=O)Nc2c(Cl)cccc2Cl)C1. The normalized spacial score (nSPS) is 21.5. The molecule has 1 aliphatic heterocycles. The van der Waals surface area contributed by atoms with E-state index in [2.05, 4.69) is 17.1 Å². The predicted octanol–water partition coefficient (Wildman–Crippen LogP) is 4.05. The highest BCUT2D eigenvalue weighted by atomic mass is 35.5. The van der Waals surface area contributed by atoms with E-state index in [0.717, 1.165) is 19.5 Å². The first kappa shape index (κ1) is 15.6. The highest BCUT2D eigenvalue weighted by Crippen LogP contribution is 2.30. The molecule has 0 spiro atoms. The molecule has 0 unspecified atom stereocenters. The van der Waals surface area contributed by atoms with Gasteiger partial charge in [-0.25, -0.2) is 0 Å². The third-order valence-corrected chi connectivity index (χ3v) is 4.46. The van der Waals surface area contributed by atoms with Crippen LogP contribution in [0, 0.1) is 5.92 Å². The number of rotatable bonds is 3. The number of piperidine rings is 1. The standard InChI is InChI=1S/C15H20Cl2N2O/c1-10-5-4-8-19(9-10)11(2)15(20)18-14-12(16)6-3-7-13(14)17/h3,6-7,10-11H,4-5,8-9H2,1-2H3,(H,18,20)/t10-,11-/m0/s1. The van der Waals surface area contributed by atoms with E-state index in [1.807, 2.05) is 6.92 Å². The Hall–Kier alpha value is -0.770. The molecule has 1 fully saturated rings. The zero-order chi connectivity index (χ0) is 14.7. The highest BCUT2D eigenvalue weighted by molar-refractivity contribution is 6.39. The minimum absolute atomic E-state index is 0.0610. The Morgan fingerprint density at radius 2 is 2.05 bits per heavy atom. The van der Waals surface area contributed by atoms with Gasteiger partial charge in [0.05, 0.1) is 21.8 Å². The number of likely N-dealkylation sites (tertiary alicyclic amines) is 1. The third-order valence-electron chi connectivity index (χ3n) is 3.83. The number of nitrogens with one attached hydrogen (secondary N) is 1. The molecule has 0 bridgehead atoms. The fourth-order valence-corrected chi connectivity index (χ4v) is 3.08. The molecule has 1 aliphatic rings. The molecule has 1 aromatic rings. The number of anilines is 1. The van der Waals surface area contributed by atoms with E-state index in [9.17, 15) is 4.79 Å². The lowest BCUT2D eigenvalue weighted by atomic mass is 9.99. The van der Waals surface area contributed by atoms with Gasteiger partial charge in [0.2, 0.25) is 5.91 Å². The fourth-order valence-electron chi connectivity index (χ4n) is 2.59. The molecule has 1 amide bonds. The fraction of sp³-hybridized carbons (Fsp3) is 0.533. The van der Waals surface area contributed by atoms with Gasteiger partial charge in [-0.1, -0.05) is 36.2 Å². The van der Waals surface area contributed by atoms with Crippen LogP contribution in [0.25, 0.3) is 0 Å². The average Bonchev–Trinajstić information content (AvgIpc) is 2.42.